The van der Waals surface area contributed by atoms with Crippen molar-refractivity contribution in [1.29, 1.82) is 0 Å². The molecule has 6 nitrogen and oxygen atoms in total. The lowest BCUT2D eigenvalue weighted by Gasteiger charge is -2.71. The second-order valence-corrected chi connectivity index (χ2v) is 19.5. The fraction of sp³-hybridized carbons (Fsp3) is 0.488. The molecule has 6 aliphatic carbocycles. The van der Waals surface area contributed by atoms with Crippen molar-refractivity contribution in [1.82, 2.24) is 4.98 Å². The Labute approximate surface area is 331 Å². The van der Waals surface area contributed by atoms with Crippen molar-refractivity contribution in [3.63, 3.8) is 0 Å². The number of allylic oxidation sites excluding steroid dienone is 4. The zero-order valence-corrected chi connectivity index (χ0v) is 33.2. The molecule has 12 heteroatoms. The summed E-state index contributed by atoms with van der Waals surface area (Å²) in [5.74, 6) is 1.05. The van der Waals surface area contributed by atoms with E-state index < -0.39 is 39.7 Å². The van der Waals surface area contributed by atoms with Gasteiger partial charge in [0.2, 0.25) is 5.78 Å². The van der Waals surface area contributed by atoms with Gasteiger partial charge in [0.25, 0.3) is 0 Å². The molecule has 10 rings (SSSR count). The number of aromatic nitrogens is 1. The third-order valence-electron chi connectivity index (χ3n) is 14.4. The first-order chi connectivity index (χ1) is 26.1. The smallest absolute Gasteiger partial charge is 0.416 e. The molecule has 2 aromatic carbocycles. The minimum absolute atomic E-state index is 0.0256. The Morgan fingerprint density at radius 1 is 1.04 bits per heavy atom. The van der Waals surface area contributed by atoms with Crippen LogP contribution in [-0.4, -0.2) is 45.0 Å². The van der Waals surface area contributed by atoms with Gasteiger partial charge in [0.1, 0.15) is 11.5 Å². The van der Waals surface area contributed by atoms with Crippen molar-refractivity contribution in [2.75, 3.05) is 12.4 Å². The van der Waals surface area contributed by atoms with E-state index in [2.05, 4.69) is 32.1 Å². The molecule has 290 valence electrons. The van der Waals surface area contributed by atoms with Gasteiger partial charge in [-0.05, 0) is 118 Å². The Balaban J connectivity index is 1.08. The van der Waals surface area contributed by atoms with Gasteiger partial charge in [0.15, 0.2) is 10.1 Å². The van der Waals surface area contributed by atoms with Crippen molar-refractivity contribution >= 4 is 50.7 Å². The number of ketones is 1. The molecule has 2 aromatic heterocycles. The molecule has 0 radical (unpaired) electrons. The van der Waals surface area contributed by atoms with Crippen molar-refractivity contribution < 1.29 is 37.3 Å². The summed E-state index contributed by atoms with van der Waals surface area (Å²) in [6.07, 6.45) is 6.38. The largest absolute Gasteiger partial charge is 0.494 e. The third-order valence-corrected chi connectivity index (χ3v) is 17.1. The zero-order valence-electron chi connectivity index (χ0n) is 30.8. The minimum atomic E-state index is -4.58. The van der Waals surface area contributed by atoms with Gasteiger partial charge < -0.3 is 19.4 Å². The first-order valence-corrected chi connectivity index (χ1v) is 21.3. The molecule has 2 spiro atoms. The van der Waals surface area contributed by atoms with Crippen LogP contribution in [0.3, 0.4) is 0 Å². The molecule has 0 aliphatic heterocycles. The number of carbonyl (C=O) groups excluding carboxylic acids is 1. The standard InChI is InChI=1S/C43H43ClF3NO5S2/c1-4-52-26-6-8-30-33(20-26)55-37(48-30)54-23-41(51)16-13-35-39(41,3)15-12-34-38(2)14-11-25(49)21-40(38)17-18-42(34,35)28(22-40)36(50)32-10-9-31(53-32)27-19-24(43(45,46)47)5-7-29(27)44/h5-10,17-20,22,25,34-35,49,51H,4,11-16,21,23H2,1-3H3. The monoisotopic (exact) mass is 809 g/mol. The first-order valence-electron chi connectivity index (χ1n) is 19.1. The van der Waals surface area contributed by atoms with Crippen LogP contribution < -0.4 is 4.74 Å². The molecular weight excluding hydrogens is 767 g/mol. The Kier molecular flexibility index (Phi) is 8.66. The predicted octanol–water partition coefficient (Wildman–Crippen LogP) is 11.2. The van der Waals surface area contributed by atoms with Crippen LogP contribution in [0.25, 0.3) is 21.5 Å². The van der Waals surface area contributed by atoms with Crippen LogP contribution in [0, 0.1) is 33.5 Å². The van der Waals surface area contributed by atoms with E-state index in [1.807, 2.05) is 25.1 Å². The van der Waals surface area contributed by atoms with Crippen LogP contribution in [0.1, 0.15) is 81.8 Å². The Morgan fingerprint density at radius 3 is 2.58 bits per heavy atom. The number of ether oxygens (including phenoxy) is 1. The number of rotatable bonds is 8. The van der Waals surface area contributed by atoms with E-state index in [0.717, 1.165) is 51.7 Å². The van der Waals surface area contributed by atoms with E-state index in [1.165, 1.54) is 18.2 Å². The normalized spacial score (nSPS) is 35.0. The summed E-state index contributed by atoms with van der Waals surface area (Å²) >= 11 is 9.55. The minimum Gasteiger partial charge on any atom is -0.494 e. The van der Waals surface area contributed by atoms with Crippen LogP contribution in [0.15, 0.2) is 81.1 Å². The van der Waals surface area contributed by atoms with Gasteiger partial charge in [0.05, 0.1) is 39.1 Å². The van der Waals surface area contributed by atoms with Crippen molar-refractivity contribution in [3.05, 3.63) is 88.7 Å². The Hall–Kier alpha value is -3.09. The molecule has 3 saturated carbocycles. The molecule has 2 heterocycles. The number of thioether (sulfide) groups is 1. The average molecular weight is 810 g/mol. The Bertz CT molecular complexity index is 2280. The van der Waals surface area contributed by atoms with Crippen LogP contribution in [-0.2, 0) is 6.18 Å². The maximum absolute atomic E-state index is 15.0. The summed E-state index contributed by atoms with van der Waals surface area (Å²) in [6, 6.07) is 12.0. The SMILES string of the molecule is CCOc1ccc2nc(SCC3(O)CCC4C56C=CC7(C=C5C(=O)c5ccc(-c8cc(C(F)(F)F)ccc8Cl)o5)CC(O)CCC7(C)C6CCC43C)sc2c1. The Morgan fingerprint density at radius 2 is 1.80 bits per heavy atom. The fourth-order valence-corrected chi connectivity index (χ4v) is 14.2. The summed E-state index contributed by atoms with van der Waals surface area (Å²) in [5, 5.41) is 23.9. The van der Waals surface area contributed by atoms with Crippen molar-refractivity contribution in [2.24, 2.45) is 33.5 Å². The van der Waals surface area contributed by atoms with E-state index in [1.54, 1.807) is 23.1 Å². The number of carbonyl (C=O) groups is 1. The van der Waals surface area contributed by atoms with Gasteiger partial charge in [0, 0.05) is 33.1 Å². The highest BCUT2D eigenvalue weighted by Crippen LogP contribution is 2.78. The van der Waals surface area contributed by atoms with Crippen LogP contribution >= 0.6 is 34.7 Å². The van der Waals surface area contributed by atoms with Crippen LogP contribution in [0.2, 0.25) is 5.02 Å². The molecular formula is C43H43ClF3NO5S2. The molecule has 6 aliphatic rings. The lowest BCUT2D eigenvalue weighted by molar-refractivity contribution is -0.166. The van der Waals surface area contributed by atoms with E-state index in [4.69, 9.17) is 25.7 Å². The number of fused-ring (bicyclic) bond motifs is 2. The van der Waals surface area contributed by atoms with Gasteiger partial charge in [-0.25, -0.2) is 4.98 Å². The lowest BCUT2D eigenvalue weighted by atomic mass is 9.32. The second-order valence-electron chi connectivity index (χ2n) is 16.8. The summed E-state index contributed by atoms with van der Waals surface area (Å²) in [4.78, 5) is 19.9. The fourth-order valence-electron chi connectivity index (χ4n) is 11.6. The number of furan rings is 1. The van der Waals surface area contributed by atoms with E-state index >= 15 is 4.79 Å². The molecule has 0 amide bonds. The number of hydrogen-bond acceptors (Lipinski definition) is 8. The van der Waals surface area contributed by atoms with Gasteiger partial charge in [-0.1, -0.05) is 55.4 Å². The highest BCUT2D eigenvalue weighted by Gasteiger charge is 2.74. The van der Waals surface area contributed by atoms with Crippen molar-refractivity contribution in [3.8, 4) is 17.1 Å². The molecule has 8 unspecified atom stereocenters. The number of thiazole rings is 1. The number of hydrogen-bond donors (Lipinski definition) is 2. The summed E-state index contributed by atoms with van der Waals surface area (Å²) < 4.78 is 54.7. The number of aliphatic hydroxyl groups is 2. The van der Waals surface area contributed by atoms with Crippen LogP contribution in [0.5, 0.6) is 5.75 Å². The molecule has 55 heavy (non-hydrogen) atoms. The molecule has 0 saturated heterocycles. The van der Waals surface area contributed by atoms with Gasteiger partial charge in [-0.3, -0.25) is 4.79 Å². The lowest BCUT2D eigenvalue weighted by Crippen LogP contribution is -2.67. The summed E-state index contributed by atoms with van der Waals surface area (Å²) in [5.41, 5.74) is -2.37. The summed E-state index contributed by atoms with van der Waals surface area (Å²) in [7, 11) is 0. The average Bonchev–Trinajstić information content (AvgIpc) is 3.86. The van der Waals surface area contributed by atoms with E-state index in [-0.39, 0.29) is 45.1 Å². The number of benzene rings is 2. The predicted molar refractivity (Wildman–Crippen MR) is 209 cm³/mol. The number of Topliss-reactive ketones (excluding diaryl/α,β-unsaturated/α-hetero) is 1. The second kappa shape index (κ2) is 12.7. The first kappa shape index (κ1) is 37.5. The van der Waals surface area contributed by atoms with Gasteiger partial charge in [-0.2, -0.15) is 13.2 Å². The number of nitrogens with zero attached hydrogens (tertiary/aromatic N) is 1. The highest BCUT2D eigenvalue weighted by atomic mass is 35.5. The van der Waals surface area contributed by atoms with Crippen molar-refractivity contribution in [2.45, 2.75) is 87.9 Å². The molecule has 8 atom stereocenters. The number of halogens is 4. The zero-order chi connectivity index (χ0) is 38.8. The van der Waals surface area contributed by atoms with E-state index in [0.29, 0.717) is 43.6 Å². The van der Waals surface area contributed by atoms with E-state index in [9.17, 15) is 23.4 Å². The molecule has 4 aromatic rings. The third kappa shape index (κ3) is 5.42. The van der Waals surface area contributed by atoms with Crippen LogP contribution in [0.4, 0.5) is 13.2 Å². The van der Waals surface area contributed by atoms with Gasteiger partial charge >= 0.3 is 6.18 Å². The highest BCUT2D eigenvalue weighted by molar-refractivity contribution is 8.01. The summed E-state index contributed by atoms with van der Waals surface area (Å²) in [6.45, 7) is 7.06. The maximum Gasteiger partial charge on any atom is 0.416 e. The molecule has 2 N–H and O–H groups in total. The number of alkyl halides is 3. The molecule has 2 bridgehead atoms. The number of aliphatic hydroxyl groups excluding tert-OH is 1. The topological polar surface area (TPSA) is 92.8 Å². The quantitative estimate of drug-likeness (QED) is 0.104. The van der Waals surface area contributed by atoms with Gasteiger partial charge in [-0.15, -0.1) is 11.3 Å². The molecule has 3 fully saturated rings. The maximum atomic E-state index is 15.0.